The molecule has 1 aromatic heterocycles. The van der Waals surface area contributed by atoms with Gasteiger partial charge in [0.05, 0.1) is 0 Å². The Morgan fingerprint density at radius 1 is 1.38 bits per heavy atom. The third-order valence-electron chi connectivity index (χ3n) is 2.59. The number of aromatic nitrogens is 2. The molecule has 1 aromatic carbocycles. The van der Waals surface area contributed by atoms with Gasteiger partial charge in [0.25, 0.3) is 0 Å². The number of anilines is 1. The summed E-state index contributed by atoms with van der Waals surface area (Å²) in [4.78, 5) is 0. The van der Waals surface area contributed by atoms with Crippen LogP contribution >= 0.6 is 0 Å². The fourth-order valence-corrected chi connectivity index (χ4v) is 1.43. The number of ether oxygens (including phenoxy) is 1. The highest BCUT2D eigenvalue weighted by Gasteiger charge is 2.05. The van der Waals surface area contributed by atoms with Crippen LogP contribution in [0.1, 0.15) is 17.0 Å². The minimum atomic E-state index is 0.458. The van der Waals surface area contributed by atoms with Crippen LogP contribution in [0.2, 0.25) is 0 Å². The highest BCUT2D eigenvalue weighted by Crippen LogP contribution is 2.17. The molecular formula is C12H15N3O. The first-order chi connectivity index (χ1) is 7.66. The minimum Gasteiger partial charge on any atom is -0.487 e. The van der Waals surface area contributed by atoms with E-state index in [-0.39, 0.29) is 0 Å². The van der Waals surface area contributed by atoms with Gasteiger partial charge >= 0.3 is 0 Å². The lowest BCUT2D eigenvalue weighted by atomic mass is 10.2. The van der Waals surface area contributed by atoms with E-state index in [2.05, 4.69) is 10.2 Å². The molecule has 0 bridgehead atoms. The molecule has 0 aliphatic carbocycles. The van der Waals surface area contributed by atoms with Crippen molar-refractivity contribution in [3.63, 3.8) is 0 Å². The Balaban J connectivity index is 2.05. The summed E-state index contributed by atoms with van der Waals surface area (Å²) in [5.41, 5.74) is 9.51. The van der Waals surface area contributed by atoms with Gasteiger partial charge in [0.15, 0.2) is 0 Å². The second-order valence-electron chi connectivity index (χ2n) is 3.78. The third kappa shape index (κ3) is 2.16. The van der Waals surface area contributed by atoms with Crippen molar-refractivity contribution in [1.29, 1.82) is 0 Å². The SMILES string of the molecule is Cc1[nH]nc(COc2cccc(N)c2)c1C. The molecule has 3 N–H and O–H groups in total. The molecule has 1 heterocycles. The van der Waals surface area contributed by atoms with Crippen molar-refractivity contribution in [2.45, 2.75) is 20.5 Å². The van der Waals surface area contributed by atoms with Gasteiger partial charge in [-0.15, -0.1) is 0 Å². The van der Waals surface area contributed by atoms with E-state index in [0.717, 1.165) is 22.7 Å². The third-order valence-corrected chi connectivity index (χ3v) is 2.59. The lowest BCUT2D eigenvalue weighted by molar-refractivity contribution is 0.300. The van der Waals surface area contributed by atoms with Crippen LogP contribution in [0.4, 0.5) is 5.69 Å². The highest BCUT2D eigenvalue weighted by molar-refractivity contribution is 5.43. The van der Waals surface area contributed by atoms with Crippen LogP contribution in [0, 0.1) is 13.8 Å². The number of rotatable bonds is 3. The Bertz CT molecular complexity index is 491. The first kappa shape index (κ1) is 10.5. The number of benzene rings is 1. The summed E-state index contributed by atoms with van der Waals surface area (Å²) in [6, 6.07) is 7.38. The van der Waals surface area contributed by atoms with Crippen molar-refractivity contribution >= 4 is 5.69 Å². The lowest BCUT2D eigenvalue weighted by Crippen LogP contribution is -1.98. The molecular weight excluding hydrogens is 202 g/mol. The number of H-pyrrole nitrogens is 1. The summed E-state index contributed by atoms with van der Waals surface area (Å²) in [7, 11) is 0. The van der Waals surface area contributed by atoms with Crippen LogP contribution < -0.4 is 10.5 Å². The number of nitrogens with two attached hydrogens (primary N) is 1. The number of nitrogens with one attached hydrogen (secondary N) is 1. The van der Waals surface area contributed by atoms with E-state index < -0.39 is 0 Å². The van der Waals surface area contributed by atoms with Gasteiger partial charge < -0.3 is 10.5 Å². The number of hydrogen-bond acceptors (Lipinski definition) is 3. The molecule has 0 amide bonds. The number of aryl methyl sites for hydroxylation is 1. The fraction of sp³-hybridized carbons (Fsp3) is 0.250. The van der Waals surface area contributed by atoms with Gasteiger partial charge in [0.1, 0.15) is 18.1 Å². The van der Waals surface area contributed by atoms with Gasteiger partial charge in [0.2, 0.25) is 0 Å². The summed E-state index contributed by atoms with van der Waals surface area (Å²) in [5, 5.41) is 7.10. The molecule has 0 saturated heterocycles. The Morgan fingerprint density at radius 3 is 2.81 bits per heavy atom. The van der Waals surface area contributed by atoms with E-state index in [0.29, 0.717) is 12.3 Å². The smallest absolute Gasteiger partial charge is 0.132 e. The number of hydrogen-bond donors (Lipinski definition) is 2. The summed E-state index contributed by atoms with van der Waals surface area (Å²) >= 11 is 0. The summed E-state index contributed by atoms with van der Waals surface area (Å²) in [5.74, 6) is 0.764. The van der Waals surface area contributed by atoms with Gasteiger partial charge in [-0.25, -0.2) is 0 Å². The maximum Gasteiger partial charge on any atom is 0.132 e. The Kier molecular flexibility index (Phi) is 2.81. The zero-order chi connectivity index (χ0) is 11.5. The van der Waals surface area contributed by atoms with E-state index in [9.17, 15) is 0 Å². The van der Waals surface area contributed by atoms with Gasteiger partial charge in [-0.2, -0.15) is 5.10 Å². The summed E-state index contributed by atoms with van der Waals surface area (Å²) < 4.78 is 5.60. The summed E-state index contributed by atoms with van der Waals surface area (Å²) in [6.45, 7) is 4.48. The molecule has 4 heteroatoms. The molecule has 0 atom stereocenters. The first-order valence-corrected chi connectivity index (χ1v) is 5.15. The van der Waals surface area contributed by atoms with Gasteiger partial charge in [-0.1, -0.05) is 6.07 Å². The van der Waals surface area contributed by atoms with Crippen molar-refractivity contribution in [2.75, 3.05) is 5.73 Å². The standard InChI is InChI=1S/C12H15N3O/c1-8-9(2)14-15-12(8)7-16-11-5-3-4-10(13)6-11/h3-6H,7,13H2,1-2H3,(H,14,15). The Labute approximate surface area is 94.4 Å². The molecule has 0 unspecified atom stereocenters. The van der Waals surface area contributed by atoms with E-state index in [1.807, 2.05) is 32.0 Å². The molecule has 0 fully saturated rings. The molecule has 0 aliphatic heterocycles. The first-order valence-electron chi connectivity index (χ1n) is 5.15. The molecule has 2 aromatic rings. The van der Waals surface area contributed by atoms with E-state index >= 15 is 0 Å². The largest absolute Gasteiger partial charge is 0.487 e. The quantitative estimate of drug-likeness (QED) is 0.774. The van der Waals surface area contributed by atoms with E-state index in [1.165, 1.54) is 0 Å². The van der Waals surface area contributed by atoms with Gasteiger partial charge in [-0.3, -0.25) is 5.10 Å². The number of nitrogens with zero attached hydrogens (tertiary/aromatic N) is 1. The molecule has 0 aliphatic rings. The van der Waals surface area contributed by atoms with E-state index in [1.54, 1.807) is 6.07 Å². The van der Waals surface area contributed by atoms with Gasteiger partial charge in [0, 0.05) is 17.4 Å². The van der Waals surface area contributed by atoms with E-state index in [4.69, 9.17) is 10.5 Å². The lowest BCUT2D eigenvalue weighted by Gasteiger charge is -2.05. The fourth-order valence-electron chi connectivity index (χ4n) is 1.43. The molecule has 4 nitrogen and oxygen atoms in total. The van der Waals surface area contributed by atoms with Crippen molar-refractivity contribution in [3.8, 4) is 5.75 Å². The number of nitrogen functional groups attached to an aromatic ring is 1. The highest BCUT2D eigenvalue weighted by atomic mass is 16.5. The number of aromatic amines is 1. The minimum absolute atomic E-state index is 0.458. The molecule has 0 spiro atoms. The maximum atomic E-state index is 5.66. The van der Waals surface area contributed by atoms with Gasteiger partial charge in [-0.05, 0) is 31.5 Å². The molecule has 2 rings (SSSR count). The van der Waals surface area contributed by atoms with Crippen LogP contribution in [-0.4, -0.2) is 10.2 Å². The predicted molar refractivity (Wildman–Crippen MR) is 63.2 cm³/mol. The van der Waals surface area contributed by atoms with Crippen molar-refractivity contribution in [1.82, 2.24) is 10.2 Å². The van der Waals surface area contributed by atoms with Crippen LogP contribution in [-0.2, 0) is 6.61 Å². The Hall–Kier alpha value is -1.97. The molecule has 0 radical (unpaired) electrons. The average molecular weight is 217 g/mol. The monoisotopic (exact) mass is 217 g/mol. The molecule has 16 heavy (non-hydrogen) atoms. The average Bonchev–Trinajstić information content (AvgIpc) is 2.57. The summed E-state index contributed by atoms with van der Waals surface area (Å²) in [6.07, 6.45) is 0. The van der Waals surface area contributed by atoms with Crippen molar-refractivity contribution < 1.29 is 4.74 Å². The van der Waals surface area contributed by atoms with Crippen LogP contribution in [0.25, 0.3) is 0 Å². The van der Waals surface area contributed by atoms with Crippen molar-refractivity contribution in [3.05, 3.63) is 41.2 Å². The molecule has 84 valence electrons. The predicted octanol–water partition coefficient (Wildman–Crippen LogP) is 2.19. The van der Waals surface area contributed by atoms with Crippen LogP contribution in [0.15, 0.2) is 24.3 Å². The second kappa shape index (κ2) is 4.26. The van der Waals surface area contributed by atoms with Crippen LogP contribution in [0.3, 0.4) is 0 Å². The zero-order valence-electron chi connectivity index (χ0n) is 9.45. The normalized spacial score (nSPS) is 10.4. The van der Waals surface area contributed by atoms with Crippen molar-refractivity contribution in [2.24, 2.45) is 0 Å². The topological polar surface area (TPSA) is 63.9 Å². The van der Waals surface area contributed by atoms with Crippen LogP contribution in [0.5, 0.6) is 5.75 Å². The maximum absolute atomic E-state index is 5.66. The second-order valence-corrected chi connectivity index (χ2v) is 3.78. The Morgan fingerprint density at radius 2 is 2.19 bits per heavy atom. The molecule has 0 saturated carbocycles. The zero-order valence-corrected chi connectivity index (χ0v) is 9.45.